The summed E-state index contributed by atoms with van der Waals surface area (Å²) in [5.74, 6) is 0.301. The second kappa shape index (κ2) is 6.74. The Morgan fingerprint density at radius 1 is 1.05 bits per heavy atom. The van der Waals surface area contributed by atoms with Gasteiger partial charge in [-0.1, -0.05) is 42.5 Å². The van der Waals surface area contributed by atoms with E-state index in [1.165, 1.54) is 5.56 Å². The van der Waals surface area contributed by atoms with E-state index in [1.54, 1.807) is 12.1 Å². The number of hydrogen-bond donors (Lipinski definition) is 1. The predicted octanol–water partition coefficient (Wildman–Crippen LogP) is 3.01. The van der Waals surface area contributed by atoms with E-state index in [1.807, 2.05) is 12.1 Å². The van der Waals surface area contributed by atoms with E-state index in [4.69, 9.17) is 4.74 Å². The summed E-state index contributed by atoms with van der Waals surface area (Å²) in [5.41, 5.74) is 2.52. The highest BCUT2D eigenvalue weighted by molar-refractivity contribution is 5.27. The Morgan fingerprint density at radius 3 is 2.57 bits per heavy atom. The number of rotatable bonds is 4. The molecule has 1 fully saturated rings. The molecule has 1 atom stereocenters. The van der Waals surface area contributed by atoms with Gasteiger partial charge in [0, 0.05) is 19.6 Å². The van der Waals surface area contributed by atoms with Gasteiger partial charge in [-0.05, 0) is 29.7 Å². The van der Waals surface area contributed by atoms with Crippen molar-refractivity contribution in [3.05, 3.63) is 65.7 Å². The molecule has 110 valence electrons. The molecule has 1 N–H and O–H groups in total. The smallest absolute Gasteiger partial charge is 0.115 e. The largest absolute Gasteiger partial charge is 0.508 e. The van der Waals surface area contributed by atoms with Crippen LogP contribution >= 0.6 is 0 Å². The minimum atomic E-state index is 0.107. The second-order valence-corrected chi connectivity index (χ2v) is 5.49. The Balaban J connectivity index is 1.57. The van der Waals surface area contributed by atoms with Crippen LogP contribution in [0.5, 0.6) is 5.75 Å². The third-order valence-corrected chi connectivity index (χ3v) is 3.97. The van der Waals surface area contributed by atoms with Gasteiger partial charge >= 0.3 is 0 Å². The summed E-state index contributed by atoms with van der Waals surface area (Å²) in [4.78, 5) is 2.45. The van der Waals surface area contributed by atoms with Crippen LogP contribution in [0.4, 0.5) is 0 Å². The van der Waals surface area contributed by atoms with Crippen molar-refractivity contribution in [3.8, 4) is 5.75 Å². The molecule has 0 bridgehead atoms. The maximum Gasteiger partial charge on any atom is 0.115 e. The lowest BCUT2D eigenvalue weighted by Crippen LogP contribution is -2.39. The number of benzene rings is 2. The summed E-state index contributed by atoms with van der Waals surface area (Å²) in [5, 5.41) is 9.37. The summed E-state index contributed by atoms with van der Waals surface area (Å²) in [6, 6.07) is 17.9. The predicted molar refractivity (Wildman–Crippen MR) is 83.4 cm³/mol. The van der Waals surface area contributed by atoms with E-state index in [0.717, 1.165) is 38.2 Å². The van der Waals surface area contributed by atoms with Crippen molar-refractivity contribution < 1.29 is 9.84 Å². The van der Waals surface area contributed by atoms with E-state index < -0.39 is 0 Å². The van der Waals surface area contributed by atoms with Gasteiger partial charge in [-0.25, -0.2) is 0 Å². The monoisotopic (exact) mass is 283 g/mol. The van der Waals surface area contributed by atoms with Gasteiger partial charge < -0.3 is 9.84 Å². The lowest BCUT2D eigenvalue weighted by molar-refractivity contribution is -0.0295. The van der Waals surface area contributed by atoms with E-state index in [0.29, 0.717) is 5.75 Å². The molecule has 21 heavy (non-hydrogen) atoms. The van der Waals surface area contributed by atoms with Gasteiger partial charge in [-0.3, -0.25) is 4.90 Å². The first-order valence-corrected chi connectivity index (χ1v) is 7.48. The number of ether oxygens (including phenoxy) is 1. The van der Waals surface area contributed by atoms with Crippen molar-refractivity contribution >= 4 is 0 Å². The van der Waals surface area contributed by atoms with Gasteiger partial charge in [0.1, 0.15) is 5.75 Å². The van der Waals surface area contributed by atoms with Gasteiger partial charge in [0.05, 0.1) is 12.7 Å². The van der Waals surface area contributed by atoms with Crippen LogP contribution in [0.25, 0.3) is 0 Å². The summed E-state index contributed by atoms with van der Waals surface area (Å²) >= 11 is 0. The van der Waals surface area contributed by atoms with E-state index >= 15 is 0 Å². The van der Waals surface area contributed by atoms with Crippen molar-refractivity contribution in [3.63, 3.8) is 0 Å². The van der Waals surface area contributed by atoms with Gasteiger partial charge in [-0.2, -0.15) is 0 Å². The van der Waals surface area contributed by atoms with Crippen molar-refractivity contribution in [1.29, 1.82) is 0 Å². The molecular formula is C18H21NO2. The van der Waals surface area contributed by atoms with Crippen molar-refractivity contribution in [2.24, 2.45) is 0 Å². The van der Waals surface area contributed by atoms with Crippen LogP contribution in [-0.2, 0) is 11.2 Å². The Labute approximate surface area is 125 Å². The normalized spacial score (nSPS) is 19.5. The molecule has 3 rings (SSSR count). The van der Waals surface area contributed by atoms with E-state index in [2.05, 4.69) is 35.2 Å². The molecule has 0 unspecified atom stereocenters. The summed E-state index contributed by atoms with van der Waals surface area (Å²) < 4.78 is 5.86. The van der Waals surface area contributed by atoms with E-state index in [9.17, 15) is 5.11 Å². The van der Waals surface area contributed by atoms with Crippen LogP contribution < -0.4 is 0 Å². The molecule has 0 aliphatic carbocycles. The molecule has 0 saturated carbocycles. The number of phenols is 1. The van der Waals surface area contributed by atoms with Crippen molar-refractivity contribution in [1.82, 2.24) is 4.90 Å². The molecule has 0 amide bonds. The fraction of sp³-hybridized carbons (Fsp3) is 0.333. The first-order chi connectivity index (χ1) is 10.3. The van der Waals surface area contributed by atoms with Crippen LogP contribution in [0, 0.1) is 0 Å². The minimum Gasteiger partial charge on any atom is -0.508 e. The lowest BCUT2D eigenvalue weighted by Gasteiger charge is -2.33. The summed E-state index contributed by atoms with van der Waals surface area (Å²) in [6.45, 7) is 3.72. The Kier molecular flexibility index (Phi) is 4.53. The van der Waals surface area contributed by atoms with Crippen LogP contribution in [-0.4, -0.2) is 36.2 Å². The van der Waals surface area contributed by atoms with Gasteiger partial charge in [0.2, 0.25) is 0 Å². The molecule has 0 aromatic heterocycles. The molecular weight excluding hydrogens is 262 g/mol. The highest BCUT2D eigenvalue weighted by atomic mass is 16.5. The molecule has 3 heteroatoms. The minimum absolute atomic E-state index is 0.107. The van der Waals surface area contributed by atoms with E-state index in [-0.39, 0.29) is 6.10 Å². The van der Waals surface area contributed by atoms with Gasteiger partial charge in [0.25, 0.3) is 0 Å². The van der Waals surface area contributed by atoms with Crippen LogP contribution in [0.3, 0.4) is 0 Å². The SMILES string of the molecule is Oc1ccc([C@@H]2CN(CCc3ccccc3)CCO2)cc1. The third kappa shape index (κ3) is 3.84. The Bertz CT molecular complexity index is 553. The average Bonchev–Trinajstić information content (AvgIpc) is 2.55. The van der Waals surface area contributed by atoms with Crippen molar-refractivity contribution in [2.45, 2.75) is 12.5 Å². The van der Waals surface area contributed by atoms with Crippen LogP contribution in [0.15, 0.2) is 54.6 Å². The molecule has 2 aromatic rings. The molecule has 0 radical (unpaired) electrons. The first kappa shape index (κ1) is 14.1. The first-order valence-electron chi connectivity index (χ1n) is 7.48. The standard InChI is InChI=1S/C18H21NO2/c20-17-8-6-16(7-9-17)18-14-19(12-13-21-18)11-10-15-4-2-1-3-5-15/h1-9,18,20H,10-14H2/t18-/m0/s1. The second-order valence-electron chi connectivity index (χ2n) is 5.49. The number of hydrogen-bond acceptors (Lipinski definition) is 3. The number of morpholine rings is 1. The van der Waals surface area contributed by atoms with Crippen LogP contribution in [0.2, 0.25) is 0 Å². The molecule has 3 nitrogen and oxygen atoms in total. The third-order valence-electron chi connectivity index (χ3n) is 3.97. The Hall–Kier alpha value is -1.84. The van der Waals surface area contributed by atoms with Crippen LogP contribution in [0.1, 0.15) is 17.2 Å². The van der Waals surface area contributed by atoms with Crippen molar-refractivity contribution in [2.75, 3.05) is 26.2 Å². The summed E-state index contributed by atoms with van der Waals surface area (Å²) in [6.07, 6.45) is 1.18. The molecule has 1 aliphatic heterocycles. The molecule has 1 saturated heterocycles. The zero-order valence-electron chi connectivity index (χ0n) is 12.1. The average molecular weight is 283 g/mol. The Morgan fingerprint density at radius 2 is 1.81 bits per heavy atom. The highest BCUT2D eigenvalue weighted by Crippen LogP contribution is 2.24. The fourth-order valence-corrected chi connectivity index (χ4v) is 2.73. The summed E-state index contributed by atoms with van der Waals surface area (Å²) in [7, 11) is 0. The maximum atomic E-state index is 9.37. The fourth-order valence-electron chi connectivity index (χ4n) is 2.73. The highest BCUT2D eigenvalue weighted by Gasteiger charge is 2.21. The number of nitrogens with zero attached hydrogens (tertiary/aromatic N) is 1. The number of phenolic OH excluding ortho intramolecular Hbond substituents is 1. The lowest BCUT2D eigenvalue weighted by atomic mass is 10.1. The molecule has 2 aromatic carbocycles. The molecule has 0 spiro atoms. The maximum absolute atomic E-state index is 9.37. The topological polar surface area (TPSA) is 32.7 Å². The van der Waals surface area contributed by atoms with Gasteiger partial charge in [0.15, 0.2) is 0 Å². The zero-order chi connectivity index (χ0) is 14.5. The molecule has 1 heterocycles. The number of aromatic hydroxyl groups is 1. The zero-order valence-corrected chi connectivity index (χ0v) is 12.1. The molecule has 1 aliphatic rings. The quantitative estimate of drug-likeness (QED) is 0.936. The van der Waals surface area contributed by atoms with Gasteiger partial charge in [-0.15, -0.1) is 0 Å².